The first-order valence-corrected chi connectivity index (χ1v) is 9.36. The van der Waals surface area contributed by atoms with Gasteiger partial charge in [0.25, 0.3) is 0 Å². The van der Waals surface area contributed by atoms with Crippen molar-refractivity contribution in [2.45, 2.75) is 44.1 Å². The van der Waals surface area contributed by atoms with Crippen LogP contribution < -0.4 is 0 Å². The van der Waals surface area contributed by atoms with Gasteiger partial charge in [0.15, 0.2) is 0 Å². The van der Waals surface area contributed by atoms with Gasteiger partial charge in [-0.15, -0.1) is 11.3 Å². The second-order valence-corrected chi connectivity index (χ2v) is 7.58. The Morgan fingerprint density at radius 3 is 2.83 bits per heavy atom. The van der Waals surface area contributed by atoms with E-state index >= 15 is 0 Å². The van der Waals surface area contributed by atoms with E-state index in [9.17, 15) is 4.79 Å². The molecule has 0 unspecified atom stereocenters. The highest BCUT2D eigenvalue weighted by Gasteiger charge is 2.28. The molecule has 3 heterocycles. The summed E-state index contributed by atoms with van der Waals surface area (Å²) in [6, 6.07) is 8.32. The van der Waals surface area contributed by atoms with E-state index in [-0.39, 0.29) is 12.0 Å². The van der Waals surface area contributed by atoms with Crippen LogP contribution in [0.2, 0.25) is 0 Å². The zero-order chi connectivity index (χ0) is 15.6. The predicted molar refractivity (Wildman–Crippen MR) is 91.8 cm³/mol. The largest absolute Gasteiger partial charge is 0.378 e. The summed E-state index contributed by atoms with van der Waals surface area (Å²) in [6.07, 6.45) is 4.90. The molecule has 1 atom stereocenters. The van der Waals surface area contributed by atoms with Crippen molar-refractivity contribution in [3.8, 4) is 0 Å². The average Bonchev–Trinajstić information content (AvgIpc) is 3.24. The summed E-state index contributed by atoms with van der Waals surface area (Å²) in [5.74, 6) is 0.763. The van der Waals surface area contributed by atoms with Gasteiger partial charge in [0.1, 0.15) is 0 Å². The fourth-order valence-electron chi connectivity index (χ4n) is 3.57. The minimum atomic E-state index is 0.157. The number of aromatic nitrogens is 1. The highest BCUT2D eigenvalue weighted by molar-refractivity contribution is 7.18. The van der Waals surface area contributed by atoms with Crippen LogP contribution in [-0.4, -0.2) is 41.6 Å². The van der Waals surface area contributed by atoms with Crippen molar-refractivity contribution in [1.29, 1.82) is 0 Å². The van der Waals surface area contributed by atoms with Gasteiger partial charge >= 0.3 is 0 Å². The van der Waals surface area contributed by atoms with Gasteiger partial charge in [-0.2, -0.15) is 0 Å². The zero-order valence-corrected chi connectivity index (χ0v) is 14.1. The minimum absolute atomic E-state index is 0.157. The maximum absolute atomic E-state index is 12.4. The SMILES string of the molecule is O=C(C[C@@H]1CCCO1)N1CCC(c2nc3ccccc3s2)CC1. The molecule has 4 rings (SSSR count). The summed E-state index contributed by atoms with van der Waals surface area (Å²) in [6.45, 7) is 2.52. The third-order valence-electron chi connectivity index (χ3n) is 4.93. The molecule has 122 valence electrons. The number of benzene rings is 1. The first-order chi connectivity index (χ1) is 11.3. The molecule has 0 aliphatic carbocycles. The molecule has 2 aliphatic heterocycles. The number of hydrogen-bond acceptors (Lipinski definition) is 4. The Bertz CT molecular complexity index is 652. The molecule has 1 aromatic heterocycles. The summed E-state index contributed by atoms with van der Waals surface area (Å²) in [5.41, 5.74) is 1.10. The normalized spacial score (nSPS) is 22.8. The molecule has 1 amide bonds. The maximum atomic E-state index is 12.4. The summed E-state index contributed by atoms with van der Waals surface area (Å²) in [7, 11) is 0. The maximum Gasteiger partial charge on any atom is 0.225 e. The molecular weight excluding hydrogens is 308 g/mol. The molecule has 23 heavy (non-hydrogen) atoms. The number of para-hydroxylation sites is 1. The molecule has 0 radical (unpaired) electrons. The van der Waals surface area contributed by atoms with Crippen LogP contribution in [0.4, 0.5) is 0 Å². The monoisotopic (exact) mass is 330 g/mol. The number of ether oxygens (including phenoxy) is 1. The lowest BCUT2D eigenvalue weighted by molar-refractivity contribution is -0.134. The van der Waals surface area contributed by atoms with Crippen molar-refractivity contribution in [1.82, 2.24) is 9.88 Å². The highest BCUT2D eigenvalue weighted by atomic mass is 32.1. The van der Waals surface area contributed by atoms with Crippen molar-refractivity contribution in [2.24, 2.45) is 0 Å². The Balaban J connectivity index is 1.35. The van der Waals surface area contributed by atoms with Gasteiger partial charge in [-0.3, -0.25) is 4.79 Å². The van der Waals surface area contributed by atoms with Crippen LogP contribution in [-0.2, 0) is 9.53 Å². The van der Waals surface area contributed by atoms with E-state index in [0.29, 0.717) is 12.3 Å². The second-order valence-electron chi connectivity index (χ2n) is 6.51. The molecule has 0 saturated carbocycles. The molecule has 2 saturated heterocycles. The Hall–Kier alpha value is -1.46. The number of carbonyl (C=O) groups is 1. The van der Waals surface area contributed by atoms with Crippen molar-refractivity contribution in [3.05, 3.63) is 29.3 Å². The zero-order valence-electron chi connectivity index (χ0n) is 13.2. The number of thiazole rings is 1. The van der Waals surface area contributed by atoms with Crippen molar-refractivity contribution < 1.29 is 9.53 Å². The number of likely N-dealkylation sites (tertiary alicyclic amines) is 1. The Kier molecular flexibility index (Phi) is 4.31. The topological polar surface area (TPSA) is 42.4 Å². The van der Waals surface area contributed by atoms with Gasteiger partial charge in [-0.1, -0.05) is 12.1 Å². The van der Waals surface area contributed by atoms with E-state index < -0.39 is 0 Å². The average molecular weight is 330 g/mol. The number of amides is 1. The van der Waals surface area contributed by atoms with Gasteiger partial charge < -0.3 is 9.64 Å². The van der Waals surface area contributed by atoms with E-state index in [4.69, 9.17) is 9.72 Å². The fraction of sp³-hybridized carbons (Fsp3) is 0.556. The Morgan fingerprint density at radius 1 is 1.26 bits per heavy atom. The van der Waals surface area contributed by atoms with Crippen LogP contribution in [0.3, 0.4) is 0 Å². The number of hydrogen-bond donors (Lipinski definition) is 0. The van der Waals surface area contributed by atoms with Gasteiger partial charge in [0.2, 0.25) is 5.91 Å². The summed E-state index contributed by atoms with van der Waals surface area (Å²) in [4.78, 5) is 19.2. The molecule has 2 aliphatic rings. The van der Waals surface area contributed by atoms with Gasteiger partial charge in [0.05, 0.1) is 27.7 Å². The highest BCUT2D eigenvalue weighted by Crippen LogP contribution is 2.34. The number of carbonyl (C=O) groups excluding carboxylic acids is 1. The number of piperidine rings is 1. The molecule has 0 spiro atoms. The summed E-state index contributed by atoms with van der Waals surface area (Å²) < 4.78 is 6.85. The van der Waals surface area contributed by atoms with E-state index in [1.54, 1.807) is 11.3 Å². The molecule has 4 nitrogen and oxygen atoms in total. The van der Waals surface area contributed by atoms with Crippen LogP contribution >= 0.6 is 11.3 Å². The molecule has 0 N–H and O–H groups in total. The number of rotatable bonds is 3. The van der Waals surface area contributed by atoms with Gasteiger partial charge in [-0.05, 0) is 37.8 Å². The third kappa shape index (κ3) is 3.26. The van der Waals surface area contributed by atoms with Crippen LogP contribution in [0.25, 0.3) is 10.2 Å². The number of fused-ring (bicyclic) bond motifs is 1. The van der Waals surface area contributed by atoms with Crippen LogP contribution in [0.1, 0.15) is 43.0 Å². The number of nitrogens with zero attached hydrogens (tertiary/aromatic N) is 2. The smallest absolute Gasteiger partial charge is 0.225 e. The molecule has 5 heteroatoms. The summed E-state index contributed by atoms with van der Waals surface area (Å²) in [5, 5.41) is 1.23. The first-order valence-electron chi connectivity index (χ1n) is 8.54. The first kappa shape index (κ1) is 15.1. The second kappa shape index (κ2) is 6.57. The Morgan fingerprint density at radius 2 is 2.09 bits per heavy atom. The lowest BCUT2D eigenvalue weighted by atomic mass is 9.97. The minimum Gasteiger partial charge on any atom is -0.378 e. The van der Waals surface area contributed by atoms with E-state index in [2.05, 4.69) is 18.2 Å². The van der Waals surface area contributed by atoms with Crippen molar-refractivity contribution >= 4 is 27.5 Å². The lowest BCUT2D eigenvalue weighted by Crippen LogP contribution is -2.39. The summed E-state index contributed by atoms with van der Waals surface area (Å²) >= 11 is 1.81. The van der Waals surface area contributed by atoms with Crippen molar-refractivity contribution in [2.75, 3.05) is 19.7 Å². The molecule has 2 aromatic rings. The van der Waals surface area contributed by atoms with Crippen LogP contribution in [0, 0.1) is 0 Å². The molecular formula is C18H22N2O2S. The van der Waals surface area contributed by atoms with Crippen LogP contribution in [0.5, 0.6) is 0 Å². The third-order valence-corrected chi connectivity index (χ3v) is 6.13. The molecule has 0 bridgehead atoms. The van der Waals surface area contributed by atoms with E-state index in [0.717, 1.165) is 50.9 Å². The standard InChI is InChI=1S/C18H22N2O2S/c21-17(12-14-4-3-11-22-14)20-9-7-13(8-10-20)18-19-15-5-1-2-6-16(15)23-18/h1-2,5-6,13-14H,3-4,7-12H2/t14-/m0/s1. The van der Waals surface area contributed by atoms with Crippen LogP contribution in [0.15, 0.2) is 24.3 Å². The molecule has 2 fully saturated rings. The fourth-order valence-corrected chi connectivity index (χ4v) is 4.71. The lowest BCUT2D eigenvalue weighted by Gasteiger charge is -2.31. The van der Waals surface area contributed by atoms with Gasteiger partial charge in [0, 0.05) is 25.6 Å². The van der Waals surface area contributed by atoms with E-state index in [1.165, 1.54) is 9.71 Å². The predicted octanol–water partition coefficient (Wildman–Crippen LogP) is 3.57. The van der Waals surface area contributed by atoms with E-state index in [1.807, 2.05) is 11.0 Å². The Labute approximate surface area is 140 Å². The van der Waals surface area contributed by atoms with Crippen molar-refractivity contribution in [3.63, 3.8) is 0 Å². The molecule has 1 aromatic carbocycles. The quantitative estimate of drug-likeness (QED) is 0.864. The van der Waals surface area contributed by atoms with Gasteiger partial charge in [-0.25, -0.2) is 4.98 Å².